The molecule has 0 aliphatic heterocycles. The highest BCUT2D eigenvalue weighted by Gasteiger charge is 2.53. The van der Waals surface area contributed by atoms with Crippen molar-refractivity contribution < 1.29 is 9.15 Å². The molecule has 100 valence electrons. The number of hydrogen-bond acceptors (Lipinski definition) is 4. The van der Waals surface area contributed by atoms with Crippen LogP contribution >= 0.6 is 0 Å². The van der Waals surface area contributed by atoms with Gasteiger partial charge in [-0.2, -0.15) is 0 Å². The van der Waals surface area contributed by atoms with Gasteiger partial charge in [-0.25, -0.2) is 4.98 Å². The molecule has 2 atom stereocenters. The third kappa shape index (κ3) is 2.45. The molecule has 1 heterocycles. The highest BCUT2D eigenvalue weighted by molar-refractivity contribution is 5.18. The third-order valence-corrected chi connectivity index (χ3v) is 4.32. The number of ether oxygens (including phenoxy) is 1. The molecule has 1 aromatic rings. The Labute approximate surface area is 108 Å². The molecule has 1 aromatic heterocycles. The van der Waals surface area contributed by atoms with Crippen LogP contribution in [0, 0.1) is 11.8 Å². The lowest BCUT2D eigenvalue weighted by Gasteiger charge is -2.04. The Kier molecular flexibility index (Phi) is 3.66. The number of hydrogen-bond donors (Lipinski definition) is 1. The van der Waals surface area contributed by atoms with Gasteiger partial charge in [0.15, 0.2) is 0 Å². The Morgan fingerprint density at radius 3 is 2.89 bits per heavy atom. The zero-order chi connectivity index (χ0) is 12.4. The van der Waals surface area contributed by atoms with Gasteiger partial charge in [0.25, 0.3) is 0 Å². The molecule has 1 N–H and O–H groups in total. The summed E-state index contributed by atoms with van der Waals surface area (Å²) < 4.78 is 10.8. The maximum atomic E-state index is 5.87. The summed E-state index contributed by atoms with van der Waals surface area (Å²) in [6.45, 7) is 2.26. The van der Waals surface area contributed by atoms with Crippen molar-refractivity contribution in [1.82, 2.24) is 10.3 Å². The van der Waals surface area contributed by atoms with Crippen LogP contribution in [0.2, 0.25) is 0 Å². The number of aromatic nitrogens is 1. The van der Waals surface area contributed by atoms with Crippen LogP contribution in [0.4, 0.5) is 0 Å². The van der Waals surface area contributed by atoms with Crippen LogP contribution in [0.1, 0.15) is 43.3 Å². The van der Waals surface area contributed by atoms with Gasteiger partial charge in [0.2, 0.25) is 5.89 Å². The maximum absolute atomic E-state index is 5.87. The summed E-state index contributed by atoms with van der Waals surface area (Å²) in [4.78, 5) is 4.36. The van der Waals surface area contributed by atoms with Gasteiger partial charge in [0, 0.05) is 19.6 Å². The standard InChI is InChI=1S/C14H22N2O2/c1-17-7-6-15-9-13-16-8-12(18-13)14-10-4-2-3-5-11(10)14/h8,10-11,14-15H,2-7,9H2,1H3. The van der Waals surface area contributed by atoms with E-state index in [1.807, 2.05) is 6.20 Å². The molecule has 2 aliphatic rings. The van der Waals surface area contributed by atoms with Crippen LogP contribution in [-0.4, -0.2) is 25.2 Å². The molecule has 0 amide bonds. The van der Waals surface area contributed by atoms with Crippen LogP contribution in [0.3, 0.4) is 0 Å². The fraction of sp³-hybridized carbons (Fsp3) is 0.786. The molecule has 0 aromatic carbocycles. The normalized spacial score (nSPS) is 30.2. The van der Waals surface area contributed by atoms with Crippen molar-refractivity contribution in [3.05, 3.63) is 17.8 Å². The summed E-state index contributed by atoms with van der Waals surface area (Å²) in [7, 11) is 1.71. The fourth-order valence-electron chi connectivity index (χ4n) is 3.34. The van der Waals surface area contributed by atoms with Gasteiger partial charge in [-0.1, -0.05) is 12.8 Å². The molecular formula is C14H22N2O2. The number of nitrogens with zero attached hydrogens (tertiary/aromatic N) is 1. The first-order valence-electron chi connectivity index (χ1n) is 7.04. The average Bonchev–Trinajstić information content (AvgIpc) is 2.96. The van der Waals surface area contributed by atoms with E-state index < -0.39 is 0 Å². The number of methoxy groups -OCH3 is 1. The first-order chi connectivity index (χ1) is 8.90. The predicted octanol–water partition coefficient (Wildman–Crippen LogP) is 2.31. The van der Waals surface area contributed by atoms with Gasteiger partial charge in [0.1, 0.15) is 5.76 Å². The van der Waals surface area contributed by atoms with Gasteiger partial charge in [0.05, 0.1) is 19.3 Å². The Balaban J connectivity index is 1.51. The SMILES string of the molecule is COCCNCc1ncc(C2C3CCCCC32)o1. The highest BCUT2D eigenvalue weighted by atomic mass is 16.5. The molecule has 3 rings (SSSR count). The largest absolute Gasteiger partial charge is 0.444 e. The molecule has 0 radical (unpaired) electrons. The summed E-state index contributed by atoms with van der Waals surface area (Å²) in [6, 6.07) is 0. The molecule has 0 saturated heterocycles. The lowest BCUT2D eigenvalue weighted by atomic mass is 10.0. The first-order valence-corrected chi connectivity index (χ1v) is 7.04. The van der Waals surface area contributed by atoms with Crippen molar-refractivity contribution in [2.75, 3.05) is 20.3 Å². The van der Waals surface area contributed by atoms with Crippen molar-refractivity contribution in [2.45, 2.75) is 38.1 Å². The minimum Gasteiger partial charge on any atom is -0.444 e. The van der Waals surface area contributed by atoms with Crippen LogP contribution in [0.25, 0.3) is 0 Å². The summed E-state index contributed by atoms with van der Waals surface area (Å²) in [5.74, 6) is 4.38. The fourth-order valence-corrected chi connectivity index (χ4v) is 3.34. The zero-order valence-electron chi connectivity index (χ0n) is 11.0. The van der Waals surface area contributed by atoms with Crippen LogP contribution < -0.4 is 5.32 Å². The van der Waals surface area contributed by atoms with Crippen molar-refractivity contribution in [1.29, 1.82) is 0 Å². The van der Waals surface area contributed by atoms with Gasteiger partial charge in [-0.3, -0.25) is 0 Å². The highest BCUT2D eigenvalue weighted by Crippen LogP contribution is 2.61. The number of rotatable bonds is 6. The Bertz CT molecular complexity index is 379. The predicted molar refractivity (Wildman–Crippen MR) is 68.3 cm³/mol. The molecule has 2 fully saturated rings. The minimum atomic E-state index is 0.674. The molecular weight excluding hydrogens is 228 g/mol. The molecule has 2 aliphatic carbocycles. The van der Waals surface area contributed by atoms with Gasteiger partial charge in [-0.05, 0) is 24.7 Å². The van der Waals surface area contributed by atoms with Gasteiger partial charge in [-0.15, -0.1) is 0 Å². The lowest BCUT2D eigenvalue weighted by Crippen LogP contribution is -2.18. The quantitative estimate of drug-likeness (QED) is 0.787. The van der Waals surface area contributed by atoms with E-state index in [9.17, 15) is 0 Å². The minimum absolute atomic E-state index is 0.674. The average molecular weight is 250 g/mol. The molecule has 4 nitrogen and oxygen atoms in total. The maximum Gasteiger partial charge on any atom is 0.208 e. The second-order valence-corrected chi connectivity index (χ2v) is 5.46. The molecule has 18 heavy (non-hydrogen) atoms. The second kappa shape index (κ2) is 5.41. The van der Waals surface area contributed by atoms with E-state index in [-0.39, 0.29) is 0 Å². The van der Waals surface area contributed by atoms with E-state index in [1.165, 1.54) is 25.7 Å². The van der Waals surface area contributed by atoms with Crippen LogP contribution in [0.5, 0.6) is 0 Å². The van der Waals surface area contributed by atoms with Crippen molar-refractivity contribution in [2.24, 2.45) is 11.8 Å². The molecule has 2 unspecified atom stereocenters. The third-order valence-electron chi connectivity index (χ3n) is 4.32. The Morgan fingerprint density at radius 2 is 2.17 bits per heavy atom. The lowest BCUT2D eigenvalue weighted by molar-refractivity contribution is 0.198. The van der Waals surface area contributed by atoms with E-state index in [0.717, 1.165) is 36.6 Å². The summed E-state index contributed by atoms with van der Waals surface area (Å²) in [5.41, 5.74) is 0. The number of oxazole rings is 1. The summed E-state index contributed by atoms with van der Waals surface area (Å²) in [5, 5.41) is 3.26. The number of nitrogens with one attached hydrogen (secondary N) is 1. The van der Waals surface area contributed by atoms with Crippen LogP contribution in [-0.2, 0) is 11.3 Å². The Morgan fingerprint density at radius 1 is 1.39 bits per heavy atom. The van der Waals surface area contributed by atoms with Crippen molar-refractivity contribution in [3.8, 4) is 0 Å². The summed E-state index contributed by atoms with van der Waals surface area (Å²) >= 11 is 0. The molecule has 0 spiro atoms. The zero-order valence-corrected chi connectivity index (χ0v) is 11.0. The van der Waals surface area contributed by atoms with E-state index in [4.69, 9.17) is 9.15 Å². The van der Waals surface area contributed by atoms with Crippen molar-refractivity contribution >= 4 is 0 Å². The summed E-state index contributed by atoms with van der Waals surface area (Å²) in [6.07, 6.45) is 7.51. The smallest absolute Gasteiger partial charge is 0.208 e. The molecule has 4 heteroatoms. The Hall–Kier alpha value is -0.870. The monoisotopic (exact) mass is 250 g/mol. The molecule has 0 bridgehead atoms. The second-order valence-electron chi connectivity index (χ2n) is 5.46. The van der Waals surface area contributed by atoms with Crippen LogP contribution in [0.15, 0.2) is 10.6 Å². The molecule has 2 saturated carbocycles. The van der Waals surface area contributed by atoms with E-state index >= 15 is 0 Å². The van der Waals surface area contributed by atoms with Gasteiger partial charge >= 0.3 is 0 Å². The first kappa shape index (κ1) is 12.2. The van der Waals surface area contributed by atoms with E-state index in [0.29, 0.717) is 12.5 Å². The number of fused-ring (bicyclic) bond motifs is 1. The van der Waals surface area contributed by atoms with E-state index in [2.05, 4.69) is 10.3 Å². The van der Waals surface area contributed by atoms with Crippen molar-refractivity contribution in [3.63, 3.8) is 0 Å². The van der Waals surface area contributed by atoms with Gasteiger partial charge < -0.3 is 14.5 Å². The topological polar surface area (TPSA) is 47.3 Å². The van der Waals surface area contributed by atoms with E-state index in [1.54, 1.807) is 7.11 Å².